The van der Waals surface area contributed by atoms with Crippen LogP contribution >= 0.6 is 0 Å². The monoisotopic (exact) mass is 417 g/mol. The van der Waals surface area contributed by atoms with Crippen LogP contribution in [-0.4, -0.2) is 46.5 Å². The van der Waals surface area contributed by atoms with Crippen molar-refractivity contribution in [1.82, 2.24) is 15.2 Å². The Bertz CT molecular complexity index is 1180. The van der Waals surface area contributed by atoms with Gasteiger partial charge in [0.05, 0.1) is 37.3 Å². The third kappa shape index (κ3) is 2.84. The number of furan rings is 1. The van der Waals surface area contributed by atoms with E-state index in [1.165, 1.54) is 10.9 Å². The summed E-state index contributed by atoms with van der Waals surface area (Å²) in [6, 6.07) is 11.8. The number of nitrogens with zero attached hydrogens (tertiary/aromatic N) is 1. The van der Waals surface area contributed by atoms with Gasteiger partial charge in [0.25, 0.3) is 0 Å². The molecule has 4 atom stereocenters. The largest absolute Gasteiger partial charge is 0.467 e. The van der Waals surface area contributed by atoms with Crippen molar-refractivity contribution in [3.8, 4) is 0 Å². The third-order valence-electron chi connectivity index (χ3n) is 6.82. The van der Waals surface area contributed by atoms with Gasteiger partial charge in [-0.05, 0) is 30.2 Å². The van der Waals surface area contributed by atoms with Crippen molar-refractivity contribution >= 4 is 22.7 Å². The number of carbonyl (C=O) groups excluding carboxylic acids is 2. The molecule has 6 rings (SSSR count). The number of hydrogen-bond acceptors (Lipinski definition) is 4. The number of aromatic amines is 1. The van der Waals surface area contributed by atoms with E-state index < -0.39 is 17.4 Å². The van der Waals surface area contributed by atoms with E-state index in [9.17, 15) is 9.59 Å². The number of fused-ring (bicyclic) bond motifs is 2. The Morgan fingerprint density at radius 3 is 3.03 bits per heavy atom. The molecule has 2 saturated heterocycles. The molecule has 0 unspecified atom stereocenters. The van der Waals surface area contributed by atoms with Crippen LogP contribution in [0.4, 0.5) is 0 Å². The molecule has 3 aliphatic rings. The minimum absolute atomic E-state index is 0.00448. The molecule has 2 fully saturated rings. The molecule has 1 spiro atoms. The van der Waals surface area contributed by atoms with E-state index >= 15 is 0 Å². The van der Waals surface area contributed by atoms with Crippen LogP contribution in [-0.2, 0) is 27.3 Å². The van der Waals surface area contributed by atoms with Gasteiger partial charge in [-0.1, -0.05) is 30.4 Å². The van der Waals surface area contributed by atoms with Gasteiger partial charge >= 0.3 is 0 Å². The van der Waals surface area contributed by atoms with E-state index in [0.717, 1.165) is 11.9 Å². The first kappa shape index (κ1) is 18.4. The Kier molecular flexibility index (Phi) is 4.08. The summed E-state index contributed by atoms with van der Waals surface area (Å²) < 4.78 is 11.5. The van der Waals surface area contributed by atoms with Gasteiger partial charge in [-0.2, -0.15) is 0 Å². The lowest BCUT2D eigenvalue weighted by Gasteiger charge is -2.23. The van der Waals surface area contributed by atoms with Crippen molar-refractivity contribution in [3.05, 3.63) is 72.3 Å². The lowest BCUT2D eigenvalue weighted by atomic mass is 9.77. The van der Waals surface area contributed by atoms with Crippen LogP contribution in [0.2, 0.25) is 0 Å². The van der Waals surface area contributed by atoms with Crippen molar-refractivity contribution < 1.29 is 18.7 Å². The van der Waals surface area contributed by atoms with E-state index in [4.69, 9.17) is 9.15 Å². The van der Waals surface area contributed by atoms with Crippen LogP contribution < -0.4 is 5.32 Å². The predicted molar refractivity (Wildman–Crippen MR) is 113 cm³/mol. The van der Waals surface area contributed by atoms with Crippen LogP contribution in [0.15, 0.2) is 65.4 Å². The Morgan fingerprint density at radius 2 is 2.16 bits per heavy atom. The molecule has 2 aromatic heterocycles. The highest BCUT2D eigenvalue weighted by Crippen LogP contribution is 2.51. The molecule has 0 saturated carbocycles. The quantitative estimate of drug-likeness (QED) is 0.603. The second kappa shape index (κ2) is 6.85. The second-order valence-electron chi connectivity index (χ2n) is 8.57. The fourth-order valence-electron chi connectivity index (χ4n) is 5.37. The zero-order chi connectivity index (χ0) is 21.0. The van der Waals surface area contributed by atoms with Crippen molar-refractivity contribution in [2.24, 2.45) is 11.8 Å². The smallest absolute Gasteiger partial charge is 0.230 e. The van der Waals surface area contributed by atoms with E-state index in [1.807, 2.05) is 47.5 Å². The van der Waals surface area contributed by atoms with Crippen molar-refractivity contribution in [3.63, 3.8) is 0 Å². The number of rotatable bonds is 6. The Balaban J connectivity index is 1.17. The van der Waals surface area contributed by atoms with E-state index in [2.05, 4.69) is 16.4 Å². The first-order valence-corrected chi connectivity index (χ1v) is 10.7. The summed E-state index contributed by atoms with van der Waals surface area (Å²) in [5.74, 6) is -0.456. The summed E-state index contributed by atoms with van der Waals surface area (Å²) in [6.07, 6.45) is 7.91. The van der Waals surface area contributed by atoms with Crippen molar-refractivity contribution in [1.29, 1.82) is 0 Å². The number of para-hydroxylation sites is 1. The molecule has 3 aliphatic heterocycles. The molecule has 7 heteroatoms. The minimum atomic E-state index is -0.686. The maximum atomic E-state index is 13.3. The highest BCUT2D eigenvalue weighted by Gasteiger charge is 2.66. The number of carbonyl (C=O) groups is 2. The fraction of sp³-hybridized carbons (Fsp3) is 0.333. The van der Waals surface area contributed by atoms with Crippen molar-refractivity contribution in [2.45, 2.75) is 24.7 Å². The molecular formula is C24H23N3O4. The first-order chi connectivity index (χ1) is 15.1. The molecule has 2 amide bonds. The summed E-state index contributed by atoms with van der Waals surface area (Å²) in [5.41, 5.74) is 1.60. The number of benzene rings is 1. The molecule has 2 N–H and O–H groups in total. The van der Waals surface area contributed by atoms with Crippen molar-refractivity contribution in [2.75, 3.05) is 13.1 Å². The molecule has 2 bridgehead atoms. The van der Waals surface area contributed by atoms with Crippen LogP contribution in [0, 0.1) is 11.8 Å². The lowest BCUT2D eigenvalue weighted by molar-refractivity contribution is -0.137. The number of aromatic nitrogens is 1. The van der Waals surface area contributed by atoms with Crippen LogP contribution in [0.5, 0.6) is 0 Å². The highest BCUT2D eigenvalue weighted by molar-refractivity contribution is 5.93. The van der Waals surface area contributed by atoms with E-state index in [0.29, 0.717) is 25.4 Å². The predicted octanol–water partition coefficient (Wildman–Crippen LogP) is 2.40. The third-order valence-corrected chi connectivity index (χ3v) is 6.82. The number of hydrogen-bond donors (Lipinski definition) is 2. The molecule has 1 aromatic carbocycles. The topological polar surface area (TPSA) is 87.6 Å². The number of H-pyrrole nitrogens is 1. The molecule has 31 heavy (non-hydrogen) atoms. The van der Waals surface area contributed by atoms with Crippen LogP contribution in [0.1, 0.15) is 11.3 Å². The maximum absolute atomic E-state index is 13.3. The zero-order valence-corrected chi connectivity index (χ0v) is 16.9. The normalized spacial score (nSPS) is 28.6. The summed E-state index contributed by atoms with van der Waals surface area (Å²) >= 11 is 0. The number of likely N-dealkylation sites (tertiary alicyclic amines) is 1. The molecule has 0 radical (unpaired) electrons. The standard InChI is InChI=1S/C24H23N3O4/c28-22(26-13-16-4-3-11-30-16)20-19-7-9-24(31-19)14-27(23(29)21(20)24)10-8-15-12-25-18-6-2-1-5-17(15)18/h1-7,9,11-12,19-21,25H,8,10,13-14H2,(H,26,28)/t19-,20-,21+,24+/m1/s1. The summed E-state index contributed by atoms with van der Waals surface area (Å²) in [4.78, 5) is 31.5. The summed E-state index contributed by atoms with van der Waals surface area (Å²) in [7, 11) is 0. The average Bonchev–Trinajstić information content (AvgIpc) is 3.58. The maximum Gasteiger partial charge on any atom is 0.230 e. The summed E-state index contributed by atoms with van der Waals surface area (Å²) in [6.45, 7) is 1.40. The fourth-order valence-corrected chi connectivity index (χ4v) is 5.37. The van der Waals surface area contributed by atoms with Gasteiger partial charge in [-0.25, -0.2) is 0 Å². The Hall–Kier alpha value is -3.32. The Morgan fingerprint density at radius 1 is 1.26 bits per heavy atom. The molecular weight excluding hydrogens is 394 g/mol. The van der Waals surface area contributed by atoms with Gasteiger partial charge in [-0.15, -0.1) is 0 Å². The molecule has 3 aromatic rings. The highest BCUT2D eigenvalue weighted by atomic mass is 16.5. The minimum Gasteiger partial charge on any atom is -0.467 e. The van der Waals surface area contributed by atoms with Gasteiger partial charge < -0.3 is 24.4 Å². The van der Waals surface area contributed by atoms with E-state index in [-0.39, 0.29) is 17.9 Å². The SMILES string of the molecule is O=C(NCc1ccco1)[C@H]1[C@H]2C(=O)N(CCc3c[nH]c4ccccc34)C[C@@]23C=C[C@H]1O3. The van der Waals surface area contributed by atoms with E-state index in [1.54, 1.807) is 12.3 Å². The first-order valence-electron chi connectivity index (χ1n) is 10.7. The van der Waals surface area contributed by atoms with Gasteiger partial charge in [0.15, 0.2) is 0 Å². The second-order valence-corrected chi connectivity index (χ2v) is 8.57. The van der Waals surface area contributed by atoms with Crippen LogP contribution in [0.25, 0.3) is 10.9 Å². The summed E-state index contributed by atoms with van der Waals surface area (Å²) in [5, 5.41) is 4.09. The van der Waals surface area contributed by atoms with Crippen LogP contribution in [0.3, 0.4) is 0 Å². The van der Waals surface area contributed by atoms with Gasteiger partial charge in [-0.3, -0.25) is 9.59 Å². The Labute approximate surface area is 179 Å². The average molecular weight is 417 g/mol. The lowest BCUT2D eigenvalue weighted by Crippen LogP contribution is -2.44. The van der Waals surface area contributed by atoms with Gasteiger partial charge in [0.2, 0.25) is 11.8 Å². The van der Waals surface area contributed by atoms with Gasteiger partial charge in [0.1, 0.15) is 11.4 Å². The molecule has 158 valence electrons. The molecule has 0 aliphatic carbocycles. The number of ether oxygens (including phenoxy) is 1. The molecule has 7 nitrogen and oxygen atoms in total. The number of nitrogens with one attached hydrogen (secondary N) is 2. The zero-order valence-electron chi connectivity index (χ0n) is 16.9. The number of amides is 2. The van der Waals surface area contributed by atoms with Gasteiger partial charge in [0, 0.05) is 23.6 Å². The molecule has 5 heterocycles.